The standard InChI is InChI=1S/C19H21N5O/c25-19(22-16-6-7-18-14(12-16)13-20-23-18)21-15-8-10-24(11-9-15)17-4-2-1-3-5-17/h1-7,12-13,15H,8-11H2,(H,20,23)(H2,21,22,25). The fourth-order valence-electron chi connectivity index (χ4n) is 3.29. The lowest BCUT2D eigenvalue weighted by Crippen LogP contribution is -2.46. The largest absolute Gasteiger partial charge is 0.371 e. The summed E-state index contributed by atoms with van der Waals surface area (Å²) in [5, 5.41) is 13.9. The first-order valence-corrected chi connectivity index (χ1v) is 8.58. The summed E-state index contributed by atoms with van der Waals surface area (Å²) in [6.07, 6.45) is 3.64. The normalized spacial score (nSPS) is 15.3. The van der Waals surface area contributed by atoms with Crippen molar-refractivity contribution in [2.45, 2.75) is 18.9 Å². The van der Waals surface area contributed by atoms with Crippen molar-refractivity contribution in [1.82, 2.24) is 15.5 Å². The zero-order chi connectivity index (χ0) is 17.1. The summed E-state index contributed by atoms with van der Waals surface area (Å²) in [5.74, 6) is 0. The molecule has 0 spiro atoms. The number of aromatic nitrogens is 2. The van der Waals surface area contributed by atoms with Crippen LogP contribution in [0, 0.1) is 0 Å². The molecule has 0 radical (unpaired) electrons. The van der Waals surface area contributed by atoms with E-state index in [1.54, 1.807) is 6.20 Å². The van der Waals surface area contributed by atoms with Gasteiger partial charge in [-0.1, -0.05) is 18.2 Å². The van der Waals surface area contributed by atoms with Crippen molar-refractivity contribution in [3.8, 4) is 0 Å². The number of carbonyl (C=O) groups excluding carboxylic acids is 1. The van der Waals surface area contributed by atoms with Gasteiger partial charge in [0.05, 0.1) is 11.7 Å². The molecule has 2 amide bonds. The molecule has 0 bridgehead atoms. The molecule has 1 aliphatic heterocycles. The topological polar surface area (TPSA) is 73.0 Å². The average molecular weight is 335 g/mol. The summed E-state index contributed by atoms with van der Waals surface area (Å²) in [4.78, 5) is 14.6. The fraction of sp³-hybridized carbons (Fsp3) is 0.263. The Kier molecular flexibility index (Phi) is 4.24. The first-order chi connectivity index (χ1) is 12.3. The van der Waals surface area contributed by atoms with Gasteiger partial charge in [-0.2, -0.15) is 5.10 Å². The molecule has 2 heterocycles. The second-order valence-corrected chi connectivity index (χ2v) is 6.37. The lowest BCUT2D eigenvalue weighted by atomic mass is 10.0. The summed E-state index contributed by atoms with van der Waals surface area (Å²) in [6.45, 7) is 1.91. The first-order valence-electron chi connectivity index (χ1n) is 8.58. The molecule has 0 unspecified atom stereocenters. The van der Waals surface area contributed by atoms with Gasteiger partial charge in [-0.15, -0.1) is 0 Å². The smallest absolute Gasteiger partial charge is 0.319 e. The lowest BCUT2D eigenvalue weighted by molar-refractivity contribution is 0.246. The van der Waals surface area contributed by atoms with Gasteiger partial charge in [-0.05, 0) is 43.2 Å². The maximum Gasteiger partial charge on any atom is 0.319 e. The summed E-state index contributed by atoms with van der Waals surface area (Å²) in [5.41, 5.74) is 2.98. The Morgan fingerprint density at radius 2 is 1.92 bits per heavy atom. The third kappa shape index (κ3) is 3.57. The number of hydrogen-bond donors (Lipinski definition) is 3. The highest BCUT2D eigenvalue weighted by Crippen LogP contribution is 2.20. The SMILES string of the molecule is O=C(Nc1ccc2[nH]ncc2c1)NC1CCN(c2ccccc2)CC1. The molecule has 1 aliphatic rings. The van der Waals surface area contributed by atoms with E-state index >= 15 is 0 Å². The molecule has 1 fully saturated rings. The molecule has 0 saturated carbocycles. The van der Waals surface area contributed by atoms with Crippen LogP contribution < -0.4 is 15.5 Å². The Morgan fingerprint density at radius 1 is 1.12 bits per heavy atom. The number of hydrogen-bond acceptors (Lipinski definition) is 3. The Bertz CT molecular complexity index is 852. The second kappa shape index (κ2) is 6.84. The van der Waals surface area contributed by atoms with Crippen molar-refractivity contribution >= 4 is 28.3 Å². The van der Waals surface area contributed by atoms with E-state index in [9.17, 15) is 4.79 Å². The van der Waals surface area contributed by atoms with E-state index in [4.69, 9.17) is 0 Å². The quantitative estimate of drug-likeness (QED) is 0.687. The summed E-state index contributed by atoms with van der Waals surface area (Å²) < 4.78 is 0. The first kappa shape index (κ1) is 15.5. The number of amides is 2. The highest BCUT2D eigenvalue weighted by Gasteiger charge is 2.20. The Labute approximate surface area is 146 Å². The van der Waals surface area contributed by atoms with Gasteiger partial charge in [0.1, 0.15) is 0 Å². The number of para-hydroxylation sites is 1. The zero-order valence-electron chi connectivity index (χ0n) is 13.9. The number of benzene rings is 2. The molecule has 3 aromatic rings. The van der Waals surface area contributed by atoms with E-state index in [0.29, 0.717) is 0 Å². The van der Waals surface area contributed by atoms with Gasteiger partial charge in [-0.3, -0.25) is 5.10 Å². The van der Waals surface area contributed by atoms with Crippen LogP contribution in [0.5, 0.6) is 0 Å². The molecule has 1 saturated heterocycles. The average Bonchev–Trinajstić information content (AvgIpc) is 3.11. The minimum atomic E-state index is -0.152. The van der Waals surface area contributed by atoms with E-state index in [1.807, 2.05) is 24.3 Å². The van der Waals surface area contributed by atoms with Crippen LogP contribution in [0.25, 0.3) is 10.9 Å². The Balaban J connectivity index is 1.30. The number of carbonyl (C=O) groups is 1. The monoisotopic (exact) mass is 335 g/mol. The molecule has 6 heteroatoms. The number of nitrogens with zero attached hydrogens (tertiary/aromatic N) is 2. The van der Waals surface area contributed by atoms with Crippen molar-refractivity contribution in [2.75, 3.05) is 23.3 Å². The number of rotatable bonds is 3. The van der Waals surface area contributed by atoms with E-state index < -0.39 is 0 Å². The number of urea groups is 1. The molecule has 2 aromatic carbocycles. The number of anilines is 2. The second-order valence-electron chi connectivity index (χ2n) is 6.37. The van der Waals surface area contributed by atoms with E-state index in [-0.39, 0.29) is 12.1 Å². The van der Waals surface area contributed by atoms with Crippen molar-refractivity contribution in [1.29, 1.82) is 0 Å². The molecule has 4 rings (SSSR count). The zero-order valence-corrected chi connectivity index (χ0v) is 13.9. The summed E-state index contributed by atoms with van der Waals surface area (Å²) in [6, 6.07) is 16.2. The van der Waals surface area contributed by atoms with Crippen LogP contribution in [0.15, 0.2) is 54.7 Å². The van der Waals surface area contributed by atoms with Gasteiger partial charge in [0.25, 0.3) is 0 Å². The molecule has 1 aromatic heterocycles. The third-order valence-corrected chi connectivity index (χ3v) is 4.65. The molecule has 0 atom stereocenters. The fourth-order valence-corrected chi connectivity index (χ4v) is 3.29. The molecule has 6 nitrogen and oxygen atoms in total. The predicted octanol–water partition coefficient (Wildman–Crippen LogP) is 3.35. The van der Waals surface area contributed by atoms with E-state index in [1.165, 1.54) is 5.69 Å². The molecular weight excluding hydrogens is 314 g/mol. The number of piperidine rings is 1. The third-order valence-electron chi connectivity index (χ3n) is 4.65. The summed E-state index contributed by atoms with van der Waals surface area (Å²) in [7, 11) is 0. The van der Waals surface area contributed by atoms with Crippen LogP contribution in [0.4, 0.5) is 16.2 Å². The van der Waals surface area contributed by atoms with E-state index in [2.05, 4.69) is 50.0 Å². The van der Waals surface area contributed by atoms with Crippen molar-refractivity contribution in [3.05, 3.63) is 54.7 Å². The lowest BCUT2D eigenvalue weighted by Gasteiger charge is -2.33. The van der Waals surface area contributed by atoms with Crippen LogP contribution in [0.2, 0.25) is 0 Å². The van der Waals surface area contributed by atoms with Gasteiger partial charge < -0.3 is 15.5 Å². The van der Waals surface area contributed by atoms with Crippen LogP contribution >= 0.6 is 0 Å². The van der Waals surface area contributed by atoms with Gasteiger partial charge in [0.15, 0.2) is 0 Å². The maximum atomic E-state index is 12.2. The Hall–Kier alpha value is -3.02. The van der Waals surface area contributed by atoms with Gasteiger partial charge in [0, 0.05) is 35.9 Å². The predicted molar refractivity (Wildman–Crippen MR) is 99.9 cm³/mol. The Morgan fingerprint density at radius 3 is 2.72 bits per heavy atom. The highest BCUT2D eigenvalue weighted by atomic mass is 16.2. The van der Waals surface area contributed by atoms with Crippen LogP contribution in [-0.2, 0) is 0 Å². The maximum absolute atomic E-state index is 12.2. The van der Waals surface area contributed by atoms with Crippen molar-refractivity contribution < 1.29 is 4.79 Å². The minimum absolute atomic E-state index is 0.152. The number of H-pyrrole nitrogens is 1. The molecular formula is C19H21N5O. The van der Waals surface area contributed by atoms with Gasteiger partial charge >= 0.3 is 6.03 Å². The van der Waals surface area contributed by atoms with Gasteiger partial charge in [-0.25, -0.2) is 4.79 Å². The molecule has 25 heavy (non-hydrogen) atoms. The molecule has 0 aliphatic carbocycles. The minimum Gasteiger partial charge on any atom is -0.371 e. The van der Waals surface area contributed by atoms with Crippen LogP contribution in [0.3, 0.4) is 0 Å². The van der Waals surface area contributed by atoms with Crippen molar-refractivity contribution in [3.63, 3.8) is 0 Å². The van der Waals surface area contributed by atoms with Crippen molar-refractivity contribution in [2.24, 2.45) is 0 Å². The number of aromatic amines is 1. The number of fused-ring (bicyclic) bond motifs is 1. The number of nitrogens with one attached hydrogen (secondary N) is 3. The highest BCUT2D eigenvalue weighted by molar-refractivity contribution is 5.92. The summed E-state index contributed by atoms with van der Waals surface area (Å²) >= 11 is 0. The van der Waals surface area contributed by atoms with Crippen LogP contribution in [-0.4, -0.2) is 35.4 Å². The van der Waals surface area contributed by atoms with Gasteiger partial charge in [0.2, 0.25) is 0 Å². The van der Waals surface area contributed by atoms with Crippen LogP contribution in [0.1, 0.15) is 12.8 Å². The van der Waals surface area contributed by atoms with E-state index in [0.717, 1.165) is 42.5 Å². The molecule has 128 valence electrons. The molecule has 3 N–H and O–H groups in total.